The first-order valence-electron chi connectivity index (χ1n) is 50.4. The van der Waals surface area contributed by atoms with Gasteiger partial charge in [0.25, 0.3) is 0 Å². The molecule has 0 saturated carbocycles. The van der Waals surface area contributed by atoms with E-state index in [-0.39, 0.29) is 19.3 Å². The van der Waals surface area contributed by atoms with Crippen molar-refractivity contribution in [3.8, 4) is 0 Å². The first-order chi connectivity index (χ1) is 62.2. The molecule has 0 aliphatic rings. The number of rotatable bonds is 94. The predicted molar refractivity (Wildman–Crippen MR) is 537 cm³/mol. The third-order valence-electron chi connectivity index (χ3n) is 21.0. The number of unbranched alkanes of at least 4 members (excludes halogenated alkanes) is 37. The summed E-state index contributed by atoms with van der Waals surface area (Å²) in [6.45, 7) is 2.38. The third-order valence-corrected chi connectivity index (χ3v) is 22.9. The van der Waals surface area contributed by atoms with Gasteiger partial charge in [-0.25, -0.2) is 9.13 Å². The summed E-state index contributed by atoms with van der Waals surface area (Å²) < 4.78 is 61.7. The number of allylic oxidation sites excluding steroid dienone is 34. The molecule has 0 spiro atoms. The number of ether oxygens (including phenoxy) is 3. The highest BCUT2D eigenvalue weighted by Crippen LogP contribution is 2.45. The largest absolute Gasteiger partial charge is 0.472 e. The minimum Gasteiger partial charge on any atom is -0.463 e. The van der Waals surface area contributed by atoms with Gasteiger partial charge in [0.15, 0.2) is 6.10 Å². The van der Waals surface area contributed by atoms with Crippen LogP contribution in [0.4, 0.5) is 0 Å². The Morgan fingerprint density at radius 2 is 0.394 bits per heavy atom. The SMILES string of the molecule is CC/C=C\C/C=C\C/C=C\C/C=C\C/C=C\C/C=C\CCCCCCCCCCCCCCCCCCC(=O)OCC(O)COP(=O)(O)OCC(O)COP(=O)(O)OCC(COC(=O)CCCCCCCCCCCC/C=C\C/C=C\C/C=C\C/C=C\C/C=C\C/C=C\CC)OC(=O)CCCCCCCCCCCCC/C=C\C/C=C\C/C=C\C/C=C\C/C=C\CC. The lowest BCUT2D eigenvalue weighted by molar-refractivity contribution is -0.161. The van der Waals surface area contributed by atoms with Gasteiger partial charge in [0.1, 0.15) is 25.4 Å². The van der Waals surface area contributed by atoms with Crippen molar-refractivity contribution in [2.75, 3.05) is 39.6 Å². The number of carbonyl (C=O) groups is 3. The van der Waals surface area contributed by atoms with Gasteiger partial charge >= 0.3 is 33.6 Å². The number of phosphoric acid groups is 2. The molecule has 724 valence electrons. The van der Waals surface area contributed by atoms with Crippen molar-refractivity contribution in [3.05, 3.63) is 207 Å². The van der Waals surface area contributed by atoms with Crippen LogP contribution in [0.1, 0.15) is 406 Å². The van der Waals surface area contributed by atoms with Crippen LogP contribution in [0.25, 0.3) is 0 Å². The van der Waals surface area contributed by atoms with Crippen molar-refractivity contribution < 1.29 is 75.8 Å². The van der Waals surface area contributed by atoms with E-state index in [4.69, 9.17) is 32.3 Å². The van der Waals surface area contributed by atoms with Crippen LogP contribution in [0.5, 0.6) is 0 Å². The number of hydrogen-bond acceptors (Lipinski definition) is 14. The maximum atomic E-state index is 13.1. The molecule has 5 unspecified atom stereocenters. The number of aliphatic hydroxyl groups excluding tert-OH is 2. The average molecular weight is 1810 g/mol. The van der Waals surface area contributed by atoms with E-state index in [1.165, 1.54) is 154 Å². The van der Waals surface area contributed by atoms with Crippen LogP contribution in [-0.4, -0.2) is 95.9 Å². The van der Waals surface area contributed by atoms with Gasteiger partial charge in [0, 0.05) is 19.3 Å². The van der Waals surface area contributed by atoms with E-state index >= 15 is 0 Å². The van der Waals surface area contributed by atoms with Crippen molar-refractivity contribution >= 4 is 33.6 Å². The summed E-state index contributed by atoms with van der Waals surface area (Å²) in [7, 11) is -9.83. The van der Waals surface area contributed by atoms with Gasteiger partial charge in [-0.3, -0.25) is 32.5 Å². The standard InChI is InChI=1S/C109H182O16P2/c1-4-7-10-13-16-19-22-25-28-31-34-37-40-43-46-48-49-50-51-52-53-55-58-59-62-65-68-71-74-77-80-83-86-89-92-95-107(112)119-98-104(110)99-121-126(115,116)122-100-105(111)101-123-127(117,118)124-103-106(125-109(114)97-94-91-88-85-82-79-76-73-70-67-64-61-56-45-42-39-36-33-30-27-24-21-18-15-12-9-6-3)102-120-108(113)96-93-90-87-84-81-78-75-72-69-66-63-60-57-54-47-44-41-38-35-32-29-26-23-20-17-14-11-8-5-2/h7-12,16-21,25-30,34-39,43-47,49-50,56-57,60,104-106,110-111H,4-6,13-15,22-24,31-33,40-42,48,51-55,58-59,61-103H2,1-3H3,(H,115,116)(H,117,118)/b10-7-,11-8-,12-9-,19-16-,20-17-,21-18-,28-25-,29-26-,30-27-,37-34-,38-35-,39-36-,46-43-,47-44-,50-49-,56-45-,60-57-. The lowest BCUT2D eigenvalue weighted by Crippen LogP contribution is -2.30. The number of hydrogen-bond donors (Lipinski definition) is 4. The van der Waals surface area contributed by atoms with E-state index in [0.29, 0.717) is 19.3 Å². The fraction of sp³-hybridized carbons (Fsp3) is 0.661. The minimum atomic E-state index is -4.95. The van der Waals surface area contributed by atoms with Crippen LogP contribution in [0.3, 0.4) is 0 Å². The molecule has 0 saturated heterocycles. The lowest BCUT2D eigenvalue weighted by Gasteiger charge is -2.21. The second-order valence-electron chi connectivity index (χ2n) is 33.1. The molecule has 0 aliphatic carbocycles. The Labute approximate surface area is 775 Å². The van der Waals surface area contributed by atoms with Gasteiger partial charge in [0.05, 0.1) is 26.4 Å². The van der Waals surface area contributed by atoms with Crippen LogP contribution in [0.2, 0.25) is 0 Å². The Bertz CT molecular complexity index is 3140. The maximum absolute atomic E-state index is 13.1. The van der Waals surface area contributed by atoms with E-state index in [0.717, 1.165) is 193 Å². The topological polar surface area (TPSA) is 231 Å². The molecule has 5 atom stereocenters. The lowest BCUT2D eigenvalue weighted by atomic mass is 10.0. The Kier molecular flexibility index (Phi) is 94.6. The van der Waals surface area contributed by atoms with Crippen molar-refractivity contribution in [1.29, 1.82) is 0 Å². The summed E-state index contributed by atoms with van der Waals surface area (Å²) in [6, 6.07) is 0. The quantitative estimate of drug-likeness (QED) is 0.0146. The number of phosphoric ester groups is 2. The van der Waals surface area contributed by atoms with E-state index in [2.05, 4.69) is 227 Å². The first-order valence-corrected chi connectivity index (χ1v) is 53.4. The smallest absolute Gasteiger partial charge is 0.463 e. The number of aliphatic hydroxyl groups is 2. The summed E-state index contributed by atoms with van der Waals surface area (Å²) in [5.74, 6) is -1.58. The average Bonchev–Trinajstić information content (AvgIpc) is 0.898. The normalized spacial score (nSPS) is 14.5. The second kappa shape index (κ2) is 99.1. The predicted octanol–water partition coefficient (Wildman–Crippen LogP) is 31.9. The molecule has 0 radical (unpaired) electrons. The zero-order chi connectivity index (χ0) is 92.1. The molecule has 0 aromatic carbocycles. The van der Waals surface area contributed by atoms with Crippen LogP contribution in [0.15, 0.2) is 207 Å². The van der Waals surface area contributed by atoms with Gasteiger partial charge in [-0.1, -0.05) is 426 Å². The molecule has 16 nitrogen and oxygen atoms in total. The van der Waals surface area contributed by atoms with Gasteiger partial charge in [-0.05, 0) is 167 Å². The summed E-state index contributed by atoms with van der Waals surface area (Å²) in [5.41, 5.74) is 0. The Morgan fingerprint density at radius 1 is 0.220 bits per heavy atom. The minimum absolute atomic E-state index is 0.0936. The molecule has 0 heterocycles. The van der Waals surface area contributed by atoms with Crippen molar-refractivity contribution in [2.24, 2.45) is 0 Å². The van der Waals surface area contributed by atoms with Crippen molar-refractivity contribution in [1.82, 2.24) is 0 Å². The monoisotopic (exact) mass is 1810 g/mol. The molecule has 0 aromatic heterocycles. The molecular weight excluding hydrogens is 1630 g/mol. The fourth-order valence-corrected chi connectivity index (χ4v) is 15.1. The molecule has 4 N–H and O–H groups in total. The molecular formula is C109H182O16P2. The van der Waals surface area contributed by atoms with Crippen LogP contribution >= 0.6 is 15.6 Å². The maximum Gasteiger partial charge on any atom is 0.472 e. The molecule has 0 amide bonds. The molecule has 0 bridgehead atoms. The van der Waals surface area contributed by atoms with Crippen LogP contribution < -0.4 is 0 Å². The van der Waals surface area contributed by atoms with E-state index in [1.54, 1.807) is 0 Å². The van der Waals surface area contributed by atoms with E-state index in [1.807, 2.05) is 0 Å². The fourth-order valence-electron chi connectivity index (χ4n) is 13.5. The number of esters is 3. The summed E-state index contributed by atoms with van der Waals surface area (Å²) in [4.78, 5) is 59.2. The highest BCUT2D eigenvalue weighted by Gasteiger charge is 2.30. The van der Waals surface area contributed by atoms with Crippen LogP contribution in [-0.2, 0) is 55.8 Å². The Balaban J connectivity index is 4.61. The summed E-state index contributed by atoms with van der Waals surface area (Å²) in [6.07, 6.45) is 134. The van der Waals surface area contributed by atoms with Gasteiger partial charge < -0.3 is 34.2 Å². The number of carbonyl (C=O) groups excluding carboxylic acids is 3. The summed E-state index contributed by atoms with van der Waals surface area (Å²) >= 11 is 0. The summed E-state index contributed by atoms with van der Waals surface area (Å²) in [5, 5.41) is 20.8. The first kappa shape index (κ1) is 121. The third kappa shape index (κ3) is 101. The van der Waals surface area contributed by atoms with E-state index in [9.17, 15) is 43.5 Å². The Hall–Kier alpha value is -5.87. The molecule has 18 heteroatoms. The second-order valence-corrected chi connectivity index (χ2v) is 36.0. The van der Waals surface area contributed by atoms with Gasteiger partial charge in [0.2, 0.25) is 0 Å². The van der Waals surface area contributed by atoms with Crippen LogP contribution in [0, 0.1) is 0 Å². The Morgan fingerprint density at radius 3 is 0.622 bits per heavy atom. The molecule has 0 aromatic rings. The zero-order valence-electron chi connectivity index (χ0n) is 80.1. The highest BCUT2D eigenvalue weighted by atomic mass is 31.2. The molecule has 0 fully saturated rings. The molecule has 0 rings (SSSR count). The zero-order valence-corrected chi connectivity index (χ0v) is 81.9. The van der Waals surface area contributed by atoms with Crippen molar-refractivity contribution in [3.63, 3.8) is 0 Å². The van der Waals surface area contributed by atoms with Crippen molar-refractivity contribution in [2.45, 2.75) is 424 Å². The van der Waals surface area contributed by atoms with Gasteiger partial charge in [-0.2, -0.15) is 0 Å². The molecule has 0 aliphatic heterocycles. The highest BCUT2D eigenvalue weighted by molar-refractivity contribution is 7.47. The van der Waals surface area contributed by atoms with Gasteiger partial charge in [-0.15, -0.1) is 0 Å². The van der Waals surface area contributed by atoms with E-state index < -0.39 is 91.5 Å². The molecule has 127 heavy (non-hydrogen) atoms.